The van der Waals surface area contributed by atoms with Crippen molar-refractivity contribution < 1.29 is 14.3 Å². The summed E-state index contributed by atoms with van der Waals surface area (Å²) in [5.74, 6) is -0.771. The van der Waals surface area contributed by atoms with Crippen molar-refractivity contribution in [2.75, 3.05) is 18.6 Å². The lowest BCUT2D eigenvalue weighted by Crippen LogP contribution is -2.25. The van der Waals surface area contributed by atoms with Crippen molar-refractivity contribution >= 4 is 23.5 Å². The molecule has 0 saturated heterocycles. The van der Waals surface area contributed by atoms with Gasteiger partial charge in [0.25, 0.3) is 0 Å². The number of fused-ring (bicyclic) bond motifs is 1. The number of nitrogens with zero attached hydrogens (tertiary/aromatic N) is 1. The molecule has 0 aliphatic carbocycles. The van der Waals surface area contributed by atoms with E-state index in [0.29, 0.717) is 0 Å². The third kappa shape index (κ3) is 4.00. The Labute approximate surface area is 159 Å². The number of para-hydroxylation sites is 1. The van der Waals surface area contributed by atoms with E-state index < -0.39 is 5.97 Å². The number of hydrogen-bond acceptors (Lipinski definition) is 4. The highest BCUT2D eigenvalue weighted by Crippen LogP contribution is 2.46. The Morgan fingerprint density at radius 2 is 1.70 bits per heavy atom. The van der Waals surface area contributed by atoms with E-state index in [9.17, 15) is 9.59 Å². The number of carbonyl (C=O) groups excluding carboxylic acids is 2. The molecule has 0 unspecified atom stereocenters. The Bertz CT molecular complexity index is 910. The van der Waals surface area contributed by atoms with Gasteiger partial charge in [0.1, 0.15) is 0 Å². The summed E-state index contributed by atoms with van der Waals surface area (Å²) >= 11 is 0. The van der Waals surface area contributed by atoms with Crippen LogP contribution in [0.2, 0.25) is 0 Å². The molecule has 0 aromatic heterocycles. The average molecular weight is 361 g/mol. The molecule has 0 spiro atoms. The molecule has 27 heavy (non-hydrogen) atoms. The fraction of sp³-hybridized carbons (Fsp3) is 0.217. The van der Waals surface area contributed by atoms with E-state index in [4.69, 9.17) is 4.74 Å². The molecule has 4 heteroatoms. The van der Waals surface area contributed by atoms with Gasteiger partial charge in [0.15, 0.2) is 12.4 Å². The monoisotopic (exact) mass is 361 g/mol. The summed E-state index contributed by atoms with van der Waals surface area (Å²) in [5, 5.41) is 0. The maximum Gasteiger partial charge on any atom is 0.331 e. The topological polar surface area (TPSA) is 46.6 Å². The Morgan fingerprint density at radius 1 is 1.04 bits per heavy atom. The predicted molar refractivity (Wildman–Crippen MR) is 107 cm³/mol. The average Bonchev–Trinajstić information content (AvgIpc) is 2.87. The maximum absolute atomic E-state index is 12.4. The first-order valence-electron chi connectivity index (χ1n) is 8.88. The highest BCUT2D eigenvalue weighted by atomic mass is 16.5. The predicted octanol–water partition coefficient (Wildman–Crippen LogP) is 4.12. The molecule has 0 bridgehead atoms. The van der Waals surface area contributed by atoms with E-state index >= 15 is 0 Å². The van der Waals surface area contributed by atoms with Crippen LogP contribution in [0.3, 0.4) is 0 Å². The Morgan fingerprint density at radius 3 is 2.41 bits per heavy atom. The van der Waals surface area contributed by atoms with Crippen LogP contribution in [0.5, 0.6) is 0 Å². The van der Waals surface area contributed by atoms with Crippen molar-refractivity contribution in [3.8, 4) is 0 Å². The van der Waals surface area contributed by atoms with Gasteiger partial charge in [-0.3, -0.25) is 4.79 Å². The van der Waals surface area contributed by atoms with Crippen LogP contribution in [0.4, 0.5) is 5.69 Å². The molecule has 0 N–H and O–H groups in total. The molecule has 0 amide bonds. The Hall–Kier alpha value is -3.14. The smallest absolute Gasteiger partial charge is 0.331 e. The Kier molecular flexibility index (Phi) is 5.26. The molecule has 4 nitrogen and oxygen atoms in total. The number of anilines is 1. The van der Waals surface area contributed by atoms with E-state index in [-0.39, 0.29) is 17.8 Å². The van der Waals surface area contributed by atoms with Gasteiger partial charge < -0.3 is 9.64 Å². The molecule has 1 aliphatic heterocycles. The number of ketones is 1. The van der Waals surface area contributed by atoms with Gasteiger partial charge in [0, 0.05) is 36.0 Å². The second-order valence-electron chi connectivity index (χ2n) is 7.05. The maximum atomic E-state index is 12.4. The van der Waals surface area contributed by atoms with Crippen LogP contribution in [0.1, 0.15) is 25.0 Å². The fourth-order valence-corrected chi connectivity index (χ4v) is 3.37. The summed E-state index contributed by atoms with van der Waals surface area (Å²) in [6.07, 6.45) is 4.57. The summed E-state index contributed by atoms with van der Waals surface area (Å²) in [7, 11) is 1.95. The second-order valence-corrected chi connectivity index (χ2v) is 7.05. The highest BCUT2D eigenvalue weighted by molar-refractivity contribution is 5.96. The number of likely N-dealkylation sites (N-methyl/N-ethyl adjacent to an activating group) is 1. The lowest BCUT2D eigenvalue weighted by molar-refractivity contribution is -0.141. The Balaban J connectivity index is 1.64. The largest absolute Gasteiger partial charge is 0.454 e. The van der Waals surface area contributed by atoms with Crippen molar-refractivity contribution in [1.82, 2.24) is 0 Å². The molecule has 2 aromatic rings. The first kappa shape index (κ1) is 18.6. The number of hydrogen-bond donors (Lipinski definition) is 0. The van der Waals surface area contributed by atoms with Crippen LogP contribution < -0.4 is 4.90 Å². The van der Waals surface area contributed by atoms with Crippen molar-refractivity contribution in [3.05, 3.63) is 83.6 Å². The minimum atomic E-state index is -0.534. The van der Waals surface area contributed by atoms with Gasteiger partial charge in [-0.15, -0.1) is 0 Å². The molecule has 1 heterocycles. The standard InChI is InChI=1S/C23H23NO3/c1-23(2)19-11-7-8-12-20(19)24(3)21(23)15-18(25)16-27-22(26)14-13-17-9-5-4-6-10-17/h4-15H,16H2,1-3H3/b14-13+,21-15-. The fourth-order valence-electron chi connectivity index (χ4n) is 3.37. The van der Waals surface area contributed by atoms with E-state index in [0.717, 1.165) is 16.9 Å². The molecule has 2 aromatic carbocycles. The second kappa shape index (κ2) is 7.62. The van der Waals surface area contributed by atoms with Crippen LogP contribution >= 0.6 is 0 Å². The molecule has 1 aliphatic rings. The number of allylic oxidation sites excluding steroid dienone is 1. The summed E-state index contributed by atoms with van der Waals surface area (Å²) < 4.78 is 5.08. The van der Waals surface area contributed by atoms with Gasteiger partial charge >= 0.3 is 5.97 Å². The molecular weight excluding hydrogens is 338 g/mol. The molecule has 0 radical (unpaired) electrons. The number of benzene rings is 2. The van der Waals surface area contributed by atoms with E-state index in [1.165, 1.54) is 11.6 Å². The van der Waals surface area contributed by atoms with E-state index in [1.807, 2.05) is 60.5 Å². The molecule has 138 valence electrons. The van der Waals surface area contributed by atoms with Gasteiger partial charge in [-0.25, -0.2) is 4.79 Å². The van der Waals surface area contributed by atoms with Gasteiger partial charge in [-0.05, 0) is 23.3 Å². The normalized spacial score (nSPS) is 16.6. The van der Waals surface area contributed by atoms with E-state index in [2.05, 4.69) is 19.9 Å². The minimum Gasteiger partial charge on any atom is -0.454 e. The van der Waals surface area contributed by atoms with Gasteiger partial charge in [0.05, 0.1) is 0 Å². The highest BCUT2D eigenvalue weighted by Gasteiger charge is 2.38. The molecule has 0 atom stereocenters. The van der Waals surface area contributed by atoms with Gasteiger partial charge in [0.2, 0.25) is 0 Å². The molecule has 0 fully saturated rings. The molecule has 3 rings (SSSR count). The summed E-state index contributed by atoms with van der Waals surface area (Å²) in [6, 6.07) is 17.5. The zero-order valence-electron chi connectivity index (χ0n) is 15.8. The molecular formula is C23H23NO3. The first-order chi connectivity index (χ1) is 12.9. The van der Waals surface area contributed by atoms with Crippen LogP contribution in [-0.4, -0.2) is 25.4 Å². The lowest BCUT2D eigenvalue weighted by Gasteiger charge is -2.23. The van der Waals surface area contributed by atoms with Crippen LogP contribution in [0, 0.1) is 0 Å². The van der Waals surface area contributed by atoms with Crippen molar-refractivity contribution in [2.24, 2.45) is 0 Å². The zero-order valence-corrected chi connectivity index (χ0v) is 15.8. The zero-order chi connectivity index (χ0) is 19.4. The van der Waals surface area contributed by atoms with Crippen LogP contribution in [-0.2, 0) is 19.7 Å². The summed E-state index contributed by atoms with van der Waals surface area (Å²) in [5.41, 5.74) is 3.77. The summed E-state index contributed by atoms with van der Waals surface area (Å²) in [6.45, 7) is 3.90. The lowest BCUT2D eigenvalue weighted by atomic mass is 9.83. The first-order valence-corrected chi connectivity index (χ1v) is 8.88. The number of carbonyl (C=O) groups is 2. The van der Waals surface area contributed by atoms with Crippen molar-refractivity contribution in [2.45, 2.75) is 19.3 Å². The number of ether oxygens (including phenoxy) is 1. The van der Waals surface area contributed by atoms with Gasteiger partial charge in [-0.2, -0.15) is 0 Å². The third-order valence-corrected chi connectivity index (χ3v) is 4.81. The minimum absolute atomic E-state index is 0.237. The SMILES string of the molecule is CN1/C(=C\C(=O)COC(=O)/C=C/c2ccccc2)C(C)(C)c2ccccc21. The van der Waals surface area contributed by atoms with E-state index in [1.54, 1.807) is 12.2 Å². The van der Waals surface area contributed by atoms with Crippen molar-refractivity contribution in [3.63, 3.8) is 0 Å². The van der Waals surface area contributed by atoms with Crippen molar-refractivity contribution in [1.29, 1.82) is 0 Å². The quantitative estimate of drug-likeness (QED) is 0.594. The van der Waals surface area contributed by atoms with Gasteiger partial charge in [-0.1, -0.05) is 62.4 Å². The number of esters is 1. The van der Waals surface area contributed by atoms with Crippen LogP contribution in [0.15, 0.2) is 72.4 Å². The third-order valence-electron chi connectivity index (χ3n) is 4.81. The van der Waals surface area contributed by atoms with Crippen LogP contribution in [0.25, 0.3) is 6.08 Å². The summed E-state index contributed by atoms with van der Waals surface area (Å²) in [4.78, 5) is 26.2. The molecule has 0 saturated carbocycles. The number of rotatable bonds is 5.